The lowest BCUT2D eigenvalue weighted by molar-refractivity contribution is -0.154. The zero-order valence-electron chi connectivity index (χ0n) is 13.6. The van der Waals surface area contributed by atoms with E-state index in [1.54, 1.807) is 40.5 Å². The van der Waals surface area contributed by atoms with E-state index in [1.165, 1.54) is 0 Å². The molecule has 2 aromatic rings. The van der Waals surface area contributed by atoms with Gasteiger partial charge in [0.2, 0.25) is 5.91 Å². The summed E-state index contributed by atoms with van der Waals surface area (Å²) in [5.41, 5.74) is 1.42. The molecule has 2 fully saturated rings. The molecule has 2 saturated heterocycles. The van der Waals surface area contributed by atoms with Crippen LogP contribution in [0.3, 0.4) is 0 Å². The third-order valence-electron chi connectivity index (χ3n) is 4.65. The van der Waals surface area contributed by atoms with Gasteiger partial charge in [-0.15, -0.1) is 0 Å². The van der Waals surface area contributed by atoms with E-state index in [2.05, 4.69) is 9.97 Å². The van der Waals surface area contributed by atoms with Crippen LogP contribution < -0.4 is 0 Å². The lowest BCUT2D eigenvalue weighted by Gasteiger charge is -2.36. The maximum atomic E-state index is 12.7. The Bertz CT molecular complexity index is 768. The van der Waals surface area contributed by atoms with E-state index in [-0.39, 0.29) is 30.6 Å². The minimum atomic E-state index is -0.160. The van der Waals surface area contributed by atoms with Crippen LogP contribution in [0.5, 0.6) is 0 Å². The van der Waals surface area contributed by atoms with Gasteiger partial charge in [-0.2, -0.15) is 0 Å². The summed E-state index contributed by atoms with van der Waals surface area (Å²) in [5.74, 6) is -0.129. The summed E-state index contributed by atoms with van der Waals surface area (Å²) < 4.78 is 5.68. The lowest BCUT2D eigenvalue weighted by Crippen LogP contribution is -2.53. The SMILES string of the molecule is O=C(c1ccncc1)N1CC2OCC(=O)N(Cc3ccccn3)C2C1. The molecule has 7 heteroatoms. The van der Waals surface area contributed by atoms with E-state index in [4.69, 9.17) is 4.74 Å². The number of rotatable bonds is 3. The quantitative estimate of drug-likeness (QED) is 0.825. The molecule has 0 spiro atoms. The molecule has 4 rings (SSSR count). The minimum absolute atomic E-state index is 0.0469. The van der Waals surface area contributed by atoms with Gasteiger partial charge in [0.05, 0.1) is 24.4 Å². The van der Waals surface area contributed by atoms with Crippen LogP contribution in [-0.4, -0.2) is 63.4 Å². The maximum Gasteiger partial charge on any atom is 0.254 e. The van der Waals surface area contributed by atoms with Crippen LogP contribution in [0.1, 0.15) is 16.1 Å². The number of hydrogen-bond donors (Lipinski definition) is 0. The molecule has 128 valence electrons. The van der Waals surface area contributed by atoms with Crippen molar-refractivity contribution in [2.75, 3.05) is 19.7 Å². The smallest absolute Gasteiger partial charge is 0.254 e. The molecule has 0 bridgehead atoms. The van der Waals surface area contributed by atoms with Crippen molar-refractivity contribution < 1.29 is 14.3 Å². The lowest BCUT2D eigenvalue weighted by atomic mass is 10.1. The topological polar surface area (TPSA) is 75.6 Å². The molecule has 4 heterocycles. The summed E-state index contributed by atoms with van der Waals surface area (Å²) in [5, 5.41) is 0. The summed E-state index contributed by atoms with van der Waals surface area (Å²) in [6, 6.07) is 8.89. The number of carbonyl (C=O) groups excluding carboxylic acids is 2. The maximum absolute atomic E-state index is 12.7. The number of pyridine rings is 2. The van der Waals surface area contributed by atoms with Gasteiger partial charge in [-0.25, -0.2) is 0 Å². The number of fused-ring (bicyclic) bond motifs is 1. The highest BCUT2D eigenvalue weighted by Gasteiger charge is 2.44. The summed E-state index contributed by atoms with van der Waals surface area (Å²) in [6.45, 7) is 1.43. The molecule has 2 aliphatic rings. The largest absolute Gasteiger partial charge is 0.364 e. The molecular formula is C18H18N4O3. The number of amides is 2. The van der Waals surface area contributed by atoms with Crippen LogP contribution >= 0.6 is 0 Å². The zero-order chi connectivity index (χ0) is 17.2. The van der Waals surface area contributed by atoms with Crippen molar-refractivity contribution >= 4 is 11.8 Å². The van der Waals surface area contributed by atoms with Crippen molar-refractivity contribution in [2.24, 2.45) is 0 Å². The first-order chi connectivity index (χ1) is 12.2. The van der Waals surface area contributed by atoms with Crippen LogP contribution in [-0.2, 0) is 16.1 Å². The van der Waals surface area contributed by atoms with Crippen LogP contribution in [0.15, 0.2) is 48.9 Å². The summed E-state index contributed by atoms with van der Waals surface area (Å²) in [6.07, 6.45) is 4.76. The van der Waals surface area contributed by atoms with Gasteiger partial charge in [0.15, 0.2) is 0 Å². The predicted molar refractivity (Wildman–Crippen MR) is 88.5 cm³/mol. The van der Waals surface area contributed by atoms with Crippen LogP contribution in [0.4, 0.5) is 0 Å². The molecule has 0 aliphatic carbocycles. The Balaban J connectivity index is 1.52. The third-order valence-corrected chi connectivity index (χ3v) is 4.65. The van der Waals surface area contributed by atoms with Gasteiger partial charge in [-0.05, 0) is 24.3 Å². The number of morpholine rings is 1. The van der Waals surface area contributed by atoms with Crippen molar-refractivity contribution in [2.45, 2.75) is 18.7 Å². The molecule has 2 unspecified atom stereocenters. The highest BCUT2D eigenvalue weighted by Crippen LogP contribution is 2.26. The number of ether oxygens (including phenoxy) is 1. The van der Waals surface area contributed by atoms with Crippen molar-refractivity contribution in [3.8, 4) is 0 Å². The average Bonchev–Trinajstić information content (AvgIpc) is 3.10. The molecule has 0 N–H and O–H groups in total. The monoisotopic (exact) mass is 338 g/mol. The van der Waals surface area contributed by atoms with Gasteiger partial charge in [-0.1, -0.05) is 6.07 Å². The minimum Gasteiger partial charge on any atom is -0.364 e. The number of hydrogen-bond acceptors (Lipinski definition) is 5. The molecule has 7 nitrogen and oxygen atoms in total. The van der Waals surface area contributed by atoms with Gasteiger partial charge in [-0.3, -0.25) is 19.6 Å². The Kier molecular flexibility index (Phi) is 4.15. The number of aromatic nitrogens is 2. The van der Waals surface area contributed by atoms with E-state index in [0.29, 0.717) is 25.2 Å². The molecule has 2 amide bonds. The first-order valence-corrected chi connectivity index (χ1v) is 8.22. The summed E-state index contributed by atoms with van der Waals surface area (Å²) in [7, 11) is 0. The van der Waals surface area contributed by atoms with Crippen LogP contribution in [0, 0.1) is 0 Å². The molecule has 2 aromatic heterocycles. The molecule has 0 aromatic carbocycles. The van der Waals surface area contributed by atoms with Gasteiger partial charge in [0, 0.05) is 37.2 Å². The Hall–Kier alpha value is -2.80. The molecular weight excluding hydrogens is 320 g/mol. The highest BCUT2D eigenvalue weighted by atomic mass is 16.5. The fraction of sp³-hybridized carbons (Fsp3) is 0.333. The standard InChI is InChI=1S/C18H18N4O3/c23-17-12-25-16-11-21(18(24)13-4-7-19-8-5-13)10-15(16)22(17)9-14-3-1-2-6-20-14/h1-8,15-16H,9-12H2. The summed E-state index contributed by atoms with van der Waals surface area (Å²) in [4.78, 5) is 36.8. The second-order valence-electron chi connectivity index (χ2n) is 6.21. The van der Waals surface area contributed by atoms with E-state index in [9.17, 15) is 9.59 Å². The molecule has 2 aliphatic heterocycles. The fourth-order valence-corrected chi connectivity index (χ4v) is 3.38. The highest BCUT2D eigenvalue weighted by molar-refractivity contribution is 5.94. The fourth-order valence-electron chi connectivity index (χ4n) is 3.38. The molecule has 0 radical (unpaired) electrons. The first-order valence-electron chi connectivity index (χ1n) is 8.22. The van der Waals surface area contributed by atoms with Crippen molar-refractivity contribution in [1.29, 1.82) is 0 Å². The van der Waals surface area contributed by atoms with Gasteiger partial charge < -0.3 is 14.5 Å². The van der Waals surface area contributed by atoms with Gasteiger partial charge >= 0.3 is 0 Å². The third kappa shape index (κ3) is 3.10. The molecule has 0 saturated carbocycles. The molecule has 2 atom stereocenters. The number of nitrogens with zero attached hydrogens (tertiary/aromatic N) is 4. The van der Waals surface area contributed by atoms with E-state index >= 15 is 0 Å². The second kappa shape index (κ2) is 6.60. The number of carbonyl (C=O) groups is 2. The number of likely N-dealkylation sites (tertiary alicyclic amines) is 1. The van der Waals surface area contributed by atoms with E-state index < -0.39 is 0 Å². The van der Waals surface area contributed by atoms with Crippen LogP contribution in [0.25, 0.3) is 0 Å². The first kappa shape index (κ1) is 15.7. The van der Waals surface area contributed by atoms with Crippen LogP contribution in [0.2, 0.25) is 0 Å². The van der Waals surface area contributed by atoms with E-state index in [1.807, 2.05) is 18.2 Å². The normalized spacial score (nSPS) is 22.8. The predicted octanol–water partition coefficient (Wildman–Crippen LogP) is 0.729. The summed E-state index contributed by atoms with van der Waals surface area (Å²) >= 11 is 0. The Morgan fingerprint density at radius 3 is 2.76 bits per heavy atom. The van der Waals surface area contributed by atoms with Gasteiger partial charge in [0.1, 0.15) is 6.61 Å². The van der Waals surface area contributed by atoms with E-state index in [0.717, 1.165) is 5.69 Å². The Labute approximate surface area is 145 Å². The second-order valence-corrected chi connectivity index (χ2v) is 6.21. The van der Waals surface area contributed by atoms with Crippen molar-refractivity contribution in [1.82, 2.24) is 19.8 Å². The van der Waals surface area contributed by atoms with Gasteiger partial charge in [0.25, 0.3) is 5.91 Å². The average molecular weight is 338 g/mol. The Morgan fingerprint density at radius 2 is 2.00 bits per heavy atom. The van der Waals surface area contributed by atoms with Crippen molar-refractivity contribution in [3.63, 3.8) is 0 Å². The Morgan fingerprint density at radius 1 is 1.16 bits per heavy atom. The zero-order valence-corrected chi connectivity index (χ0v) is 13.6. The molecule has 25 heavy (non-hydrogen) atoms. The van der Waals surface area contributed by atoms with Crippen molar-refractivity contribution in [3.05, 3.63) is 60.2 Å².